The van der Waals surface area contributed by atoms with Crippen LogP contribution in [0, 0.1) is 10.1 Å². The van der Waals surface area contributed by atoms with Crippen molar-refractivity contribution in [1.29, 1.82) is 0 Å². The third-order valence-corrected chi connectivity index (χ3v) is 6.70. The minimum absolute atomic E-state index is 0.0522. The summed E-state index contributed by atoms with van der Waals surface area (Å²) >= 11 is 1.46. The molecule has 10 nitrogen and oxygen atoms in total. The summed E-state index contributed by atoms with van der Waals surface area (Å²) in [5.74, 6) is -0.497. The summed E-state index contributed by atoms with van der Waals surface area (Å²) in [6.45, 7) is 0.0330. The molecule has 0 bridgehead atoms. The molecule has 2 aromatic rings. The topological polar surface area (TPSA) is 128 Å². The molecule has 0 saturated carbocycles. The fourth-order valence-corrected chi connectivity index (χ4v) is 5.14. The first-order valence-corrected chi connectivity index (χ1v) is 11.3. The third-order valence-electron chi connectivity index (χ3n) is 5.39. The number of hydrogen-bond donors (Lipinski definition) is 1. The molecule has 11 heteroatoms. The molecule has 4 rings (SSSR count). The molecule has 2 amide bonds. The van der Waals surface area contributed by atoms with E-state index >= 15 is 0 Å². The van der Waals surface area contributed by atoms with Gasteiger partial charge in [0, 0.05) is 24.3 Å². The van der Waals surface area contributed by atoms with Gasteiger partial charge in [-0.2, -0.15) is 0 Å². The lowest BCUT2D eigenvalue weighted by Gasteiger charge is -2.22. The van der Waals surface area contributed by atoms with Gasteiger partial charge in [0.05, 0.1) is 10.3 Å². The highest BCUT2D eigenvalue weighted by Crippen LogP contribution is 2.38. The summed E-state index contributed by atoms with van der Waals surface area (Å²) in [5, 5.41) is 13.1. The van der Waals surface area contributed by atoms with E-state index in [1.807, 2.05) is 30.3 Å². The van der Waals surface area contributed by atoms with Crippen LogP contribution in [0.4, 0.5) is 10.5 Å². The van der Waals surface area contributed by atoms with E-state index in [1.165, 1.54) is 40.9 Å². The fourth-order valence-electron chi connectivity index (χ4n) is 3.70. The average molecular weight is 471 g/mol. The highest BCUT2D eigenvalue weighted by molar-refractivity contribution is 8.00. The first-order chi connectivity index (χ1) is 15.9. The second-order valence-electron chi connectivity index (χ2n) is 7.57. The molecule has 33 heavy (non-hydrogen) atoms. The number of carbonyl (C=O) groups excluding carboxylic acids is 3. The van der Waals surface area contributed by atoms with Crippen molar-refractivity contribution in [3.8, 4) is 0 Å². The molecule has 0 aromatic heterocycles. The van der Waals surface area contributed by atoms with Crippen LogP contribution < -0.4 is 5.32 Å². The number of nitro groups is 1. The van der Waals surface area contributed by atoms with E-state index in [9.17, 15) is 24.5 Å². The van der Waals surface area contributed by atoms with E-state index in [2.05, 4.69) is 5.32 Å². The van der Waals surface area contributed by atoms with Crippen LogP contribution in [0.1, 0.15) is 17.5 Å². The number of alkyl carbamates (subject to hydrolysis) is 1. The highest BCUT2D eigenvalue weighted by Gasteiger charge is 2.51. The number of amides is 2. The molecule has 0 spiro atoms. The monoisotopic (exact) mass is 471 g/mol. The van der Waals surface area contributed by atoms with Gasteiger partial charge in [-0.25, -0.2) is 9.59 Å². The Morgan fingerprint density at radius 3 is 2.42 bits per heavy atom. The summed E-state index contributed by atoms with van der Waals surface area (Å²) in [4.78, 5) is 49.3. The van der Waals surface area contributed by atoms with Crippen LogP contribution >= 0.6 is 11.8 Å². The van der Waals surface area contributed by atoms with E-state index < -0.39 is 29.1 Å². The van der Waals surface area contributed by atoms with Crippen molar-refractivity contribution in [2.75, 3.05) is 5.75 Å². The number of hydrogen-bond acceptors (Lipinski definition) is 8. The molecular formula is C22H21N3O7S. The maximum absolute atomic E-state index is 12.9. The number of rotatable bonds is 7. The quantitative estimate of drug-likeness (QED) is 0.371. The Labute approximate surface area is 193 Å². The number of esters is 1. The molecule has 2 aliphatic rings. The number of ether oxygens (including phenoxy) is 2. The van der Waals surface area contributed by atoms with Crippen LogP contribution in [-0.2, 0) is 32.3 Å². The predicted molar refractivity (Wildman–Crippen MR) is 118 cm³/mol. The smallest absolute Gasteiger partial charge is 0.408 e. The van der Waals surface area contributed by atoms with Gasteiger partial charge < -0.3 is 19.7 Å². The Bertz CT molecular complexity index is 1050. The lowest BCUT2D eigenvalue weighted by Crippen LogP contribution is -2.47. The van der Waals surface area contributed by atoms with Crippen LogP contribution in [0.15, 0.2) is 54.6 Å². The zero-order valence-electron chi connectivity index (χ0n) is 17.4. The first kappa shape index (κ1) is 22.6. The molecule has 3 atom stereocenters. The molecule has 0 radical (unpaired) electrons. The summed E-state index contributed by atoms with van der Waals surface area (Å²) in [6.07, 6.45) is -0.323. The lowest BCUT2D eigenvalue weighted by atomic mass is 10.2. The zero-order chi connectivity index (χ0) is 23.4. The molecular weight excluding hydrogens is 450 g/mol. The second kappa shape index (κ2) is 9.90. The summed E-state index contributed by atoms with van der Waals surface area (Å²) in [7, 11) is 0. The Morgan fingerprint density at radius 1 is 1.06 bits per heavy atom. The Kier molecular flexibility index (Phi) is 6.78. The fraction of sp³-hybridized carbons (Fsp3) is 0.318. The van der Waals surface area contributed by atoms with Gasteiger partial charge in [-0.05, 0) is 23.3 Å². The number of nitrogens with one attached hydrogen (secondary N) is 1. The van der Waals surface area contributed by atoms with Crippen LogP contribution in [0.5, 0.6) is 0 Å². The molecule has 2 heterocycles. The minimum Gasteiger partial charge on any atom is -0.459 e. The SMILES string of the molecule is O=C(N[C@H]1C[C@H]2SC[C@H](C(=O)OCc3ccc([N+](=O)[O-])cc3)N2C1=O)OCc1ccccc1. The summed E-state index contributed by atoms with van der Waals surface area (Å²) in [6, 6.07) is 13.4. The number of nitro benzene ring substituents is 1. The van der Waals surface area contributed by atoms with E-state index in [0.29, 0.717) is 17.7 Å². The van der Waals surface area contributed by atoms with Crippen LogP contribution in [-0.4, -0.2) is 51.0 Å². The number of thioether (sulfide) groups is 1. The summed E-state index contributed by atoms with van der Waals surface area (Å²) < 4.78 is 10.5. The Balaban J connectivity index is 1.28. The summed E-state index contributed by atoms with van der Waals surface area (Å²) in [5.41, 5.74) is 1.38. The largest absolute Gasteiger partial charge is 0.459 e. The van der Waals surface area contributed by atoms with Gasteiger partial charge in [-0.1, -0.05) is 30.3 Å². The second-order valence-corrected chi connectivity index (χ2v) is 8.79. The van der Waals surface area contributed by atoms with Crippen LogP contribution in [0.3, 0.4) is 0 Å². The Hall–Kier alpha value is -3.60. The van der Waals surface area contributed by atoms with Crippen LogP contribution in [0.2, 0.25) is 0 Å². The zero-order valence-corrected chi connectivity index (χ0v) is 18.2. The van der Waals surface area contributed by atoms with E-state index in [0.717, 1.165) is 5.56 Å². The Morgan fingerprint density at radius 2 is 1.73 bits per heavy atom. The number of non-ortho nitro benzene ring substituents is 1. The molecule has 0 unspecified atom stereocenters. The number of fused-ring (bicyclic) bond motifs is 1. The van der Waals surface area contributed by atoms with Gasteiger partial charge in [0.25, 0.3) is 5.69 Å². The maximum atomic E-state index is 12.9. The molecule has 2 aliphatic heterocycles. The predicted octanol–water partition coefficient (Wildman–Crippen LogP) is 2.61. The van der Waals surface area contributed by atoms with Gasteiger partial charge in [-0.15, -0.1) is 11.8 Å². The normalized spacial score (nSPS) is 21.4. The van der Waals surface area contributed by atoms with E-state index in [1.54, 1.807) is 0 Å². The number of nitrogens with zero attached hydrogens (tertiary/aromatic N) is 2. The van der Waals surface area contributed by atoms with Gasteiger partial charge in [0.1, 0.15) is 25.3 Å². The van der Waals surface area contributed by atoms with Gasteiger partial charge >= 0.3 is 12.1 Å². The van der Waals surface area contributed by atoms with Gasteiger partial charge in [-0.3, -0.25) is 14.9 Å². The van der Waals surface area contributed by atoms with E-state index in [4.69, 9.17) is 9.47 Å². The van der Waals surface area contributed by atoms with Crippen molar-refractivity contribution in [2.24, 2.45) is 0 Å². The molecule has 2 fully saturated rings. The third kappa shape index (κ3) is 5.25. The van der Waals surface area contributed by atoms with Crippen molar-refractivity contribution in [3.63, 3.8) is 0 Å². The molecule has 172 valence electrons. The van der Waals surface area contributed by atoms with Crippen molar-refractivity contribution in [2.45, 2.75) is 37.1 Å². The van der Waals surface area contributed by atoms with Crippen molar-refractivity contribution >= 4 is 35.4 Å². The van der Waals surface area contributed by atoms with Crippen molar-refractivity contribution in [3.05, 3.63) is 75.8 Å². The number of carbonyl (C=O) groups is 3. The highest BCUT2D eigenvalue weighted by atomic mass is 32.2. The standard InChI is InChI=1S/C22H21N3O7S/c26-20-17(23-22(28)32-12-14-4-2-1-3-5-14)10-19-24(20)18(13-33-19)21(27)31-11-15-6-8-16(9-7-15)25(29)30/h1-9,17-19H,10-13H2,(H,23,28)/t17-,18+,19+/m0/s1. The van der Waals surface area contributed by atoms with Crippen molar-refractivity contribution < 1.29 is 28.8 Å². The lowest BCUT2D eigenvalue weighted by molar-refractivity contribution is -0.384. The molecule has 1 N–H and O–H groups in total. The maximum Gasteiger partial charge on any atom is 0.408 e. The van der Waals surface area contributed by atoms with Crippen molar-refractivity contribution in [1.82, 2.24) is 10.2 Å². The molecule has 2 aromatic carbocycles. The first-order valence-electron chi connectivity index (χ1n) is 10.2. The van der Waals surface area contributed by atoms with Gasteiger partial charge in [0.2, 0.25) is 5.91 Å². The van der Waals surface area contributed by atoms with E-state index in [-0.39, 0.29) is 30.2 Å². The molecule has 0 aliphatic carbocycles. The average Bonchev–Trinajstić information content (AvgIpc) is 3.37. The minimum atomic E-state index is -0.768. The molecule has 2 saturated heterocycles. The van der Waals surface area contributed by atoms with Crippen LogP contribution in [0.25, 0.3) is 0 Å². The number of benzene rings is 2. The van der Waals surface area contributed by atoms with Gasteiger partial charge in [0.15, 0.2) is 0 Å².